The van der Waals surface area contributed by atoms with Gasteiger partial charge in [0.1, 0.15) is 5.56 Å². The van der Waals surface area contributed by atoms with Gasteiger partial charge in [-0.15, -0.1) is 0 Å². The zero-order valence-electron chi connectivity index (χ0n) is 14.0. The first kappa shape index (κ1) is 16.1. The first-order chi connectivity index (χ1) is 12.1. The maximum atomic E-state index is 12.9. The lowest BCUT2D eigenvalue weighted by atomic mass is 9.92. The highest BCUT2D eigenvalue weighted by Gasteiger charge is 2.37. The van der Waals surface area contributed by atoms with Crippen LogP contribution in [0.3, 0.4) is 0 Å². The molecule has 4 heterocycles. The first-order valence-electron chi connectivity index (χ1n) is 8.72. The standard InChI is InChI=1S/C18H21N3O4/c22-14-4-1-9-21-15(14)19-12-13(17(21)24)16(23)20-8-2-5-18(7-10-20)6-3-11-25-18/h1,4,9,12,22H,2-3,5-8,10-11H2. The minimum absolute atomic E-state index is 0.0337. The van der Waals surface area contributed by atoms with Crippen molar-refractivity contribution < 1.29 is 14.6 Å². The number of amides is 1. The Balaban J connectivity index is 1.62. The summed E-state index contributed by atoms with van der Waals surface area (Å²) in [5, 5.41) is 9.80. The molecule has 1 amide bonds. The fourth-order valence-electron chi connectivity index (χ4n) is 3.93. The molecule has 0 saturated carbocycles. The van der Waals surface area contributed by atoms with Gasteiger partial charge in [0.05, 0.1) is 5.60 Å². The summed E-state index contributed by atoms with van der Waals surface area (Å²) in [6.45, 7) is 2.00. The topological polar surface area (TPSA) is 84.1 Å². The molecule has 7 heteroatoms. The van der Waals surface area contributed by atoms with Crippen molar-refractivity contribution >= 4 is 11.6 Å². The average Bonchev–Trinajstić information content (AvgIpc) is 2.96. The second-order valence-corrected chi connectivity index (χ2v) is 6.84. The van der Waals surface area contributed by atoms with Crippen molar-refractivity contribution in [2.45, 2.75) is 37.7 Å². The Hall–Kier alpha value is -2.41. The van der Waals surface area contributed by atoms with Gasteiger partial charge in [-0.3, -0.25) is 14.0 Å². The lowest BCUT2D eigenvalue weighted by molar-refractivity contribution is -0.00692. The van der Waals surface area contributed by atoms with Gasteiger partial charge in [0.25, 0.3) is 11.5 Å². The minimum Gasteiger partial charge on any atom is -0.504 e. The lowest BCUT2D eigenvalue weighted by Gasteiger charge is -2.26. The molecule has 1 unspecified atom stereocenters. The maximum absolute atomic E-state index is 12.9. The van der Waals surface area contributed by atoms with Crippen LogP contribution in [0.4, 0.5) is 0 Å². The second kappa shape index (κ2) is 6.15. The van der Waals surface area contributed by atoms with Gasteiger partial charge in [-0.2, -0.15) is 0 Å². The maximum Gasteiger partial charge on any atom is 0.270 e. The molecule has 1 N–H and O–H groups in total. The number of rotatable bonds is 1. The van der Waals surface area contributed by atoms with E-state index in [1.165, 1.54) is 22.9 Å². The normalized spacial score (nSPS) is 23.9. The van der Waals surface area contributed by atoms with Crippen molar-refractivity contribution in [3.63, 3.8) is 0 Å². The molecule has 2 aliphatic heterocycles. The van der Waals surface area contributed by atoms with Crippen molar-refractivity contribution in [3.05, 3.63) is 40.4 Å². The molecule has 2 fully saturated rings. The molecule has 132 valence electrons. The third-order valence-electron chi connectivity index (χ3n) is 5.31. The van der Waals surface area contributed by atoms with E-state index >= 15 is 0 Å². The van der Waals surface area contributed by atoms with Crippen molar-refractivity contribution in [1.29, 1.82) is 0 Å². The summed E-state index contributed by atoms with van der Waals surface area (Å²) < 4.78 is 7.16. The molecule has 0 bridgehead atoms. The van der Waals surface area contributed by atoms with Crippen molar-refractivity contribution in [2.75, 3.05) is 19.7 Å². The molecule has 1 spiro atoms. The van der Waals surface area contributed by atoms with Crippen LogP contribution in [0.1, 0.15) is 42.5 Å². The van der Waals surface area contributed by atoms with Crippen LogP contribution in [0.2, 0.25) is 0 Å². The van der Waals surface area contributed by atoms with Gasteiger partial charge in [-0.05, 0) is 44.2 Å². The molecule has 4 rings (SSSR count). The highest BCUT2D eigenvalue weighted by molar-refractivity contribution is 5.93. The molecule has 7 nitrogen and oxygen atoms in total. The Labute approximate surface area is 144 Å². The SMILES string of the molecule is O=C(c1cnc2c(O)cccn2c1=O)N1CCCC2(CCCO2)CC1. The van der Waals surface area contributed by atoms with E-state index in [1.807, 2.05) is 0 Å². The summed E-state index contributed by atoms with van der Waals surface area (Å²) in [7, 11) is 0. The summed E-state index contributed by atoms with van der Waals surface area (Å²) in [4.78, 5) is 31.3. The molecule has 0 aromatic carbocycles. The van der Waals surface area contributed by atoms with E-state index in [-0.39, 0.29) is 28.5 Å². The van der Waals surface area contributed by atoms with E-state index in [0.717, 1.165) is 38.7 Å². The molecule has 2 aromatic rings. The minimum atomic E-state index is -0.457. The number of ether oxygens (including phenoxy) is 1. The number of carbonyl (C=O) groups excluding carboxylic acids is 1. The van der Waals surface area contributed by atoms with Crippen molar-refractivity contribution in [1.82, 2.24) is 14.3 Å². The number of carbonyl (C=O) groups is 1. The molecular formula is C18H21N3O4. The number of likely N-dealkylation sites (tertiary alicyclic amines) is 1. The predicted molar refractivity (Wildman–Crippen MR) is 90.8 cm³/mol. The smallest absolute Gasteiger partial charge is 0.270 e. The summed E-state index contributed by atoms with van der Waals surface area (Å²) in [6.07, 6.45) is 7.54. The molecule has 2 aromatic heterocycles. The van der Waals surface area contributed by atoms with E-state index < -0.39 is 5.56 Å². The molecule has 0 aliphatic carbocycles. The van der Waals surface area contributed by atoms with Crippen molar-refractivity contribution in [2.24, 2.45) is 0 Å². The fourth-order valence-corrected chi connectivity index (χ4v) is 3.93. The summed E-state index contributed by atoms with van der Waals surface area (Å²) in [5.74, 6) is -0.390. The van der Waals surface area contributed by atoms with E-state index in [1.54, 1.807) is 11.0 Å². The summed E-state index contributed by atoms with van der Waals surface area (Å²) in [5.41, 5.74) is -0.357. The van der Waals surface area contributed by atoms with Crippen LogP contribution in [-0.2, 0) is 4.74 Å². The Kier molecular flexibility index (Phi) is 3.95. The van der Waals surface area contributed by atoms with Gasteiger partial charge in [0.15, 0.2) is 11.4 Å². The molecule has 2 saturated heterocycles. The number of pyridine rings is 1. The zero-order chi connectivity index (χ0) is 17.4. The monoisotopic (exact) mass is 343 g/mol. The Bertz CT molecular complexity index is 870. The zero-order valence-corrected chi connectivity index (χ0v) is 14.0. The summed E-state index contributed by atoms with van der Waals surface area (Å²) in [6, 6.07) is 3.01. The number of aromatic hydroxyl groups is 1. The van der Waals surface area contributed by atoms with Gasteiger partial charge < -0.3 is 14.7 Å². The Morgan fingerprint density at radius 1 is 1.24 bits per heavy atom. The highest BCUT2D eigenvalue weighted by Crippen LogP contribution is 2.35. The van der Waals surface area contributed by atoms with Gasteiger partial charge in [-0.25, -0.2) is 4.98 Å². The number of fused-ring (bicyclic) bond motifs is 1. The quantitative estimate of drug-likeness (QED) is 0.850. The molecular weight excluding hydrogens is 322 g/mol. The van der Waals surface area contributed by atoms with Crippen LogP contribution in [-0.4, -0.2) is 50.6 Å². The largest absolute Gasteiger partial charge is 0.504 e. The summed E-state index contributed by atoms with van der Waals surface area (Å²) >= 11 is 0. The van der Waals surface area contributed by atoms with E-state index in [2.05, 4.69) is 4.98 Å². The van der Waals surface area contributed by atoms with E-state index in [9.17, 15) is 14.7 Å². The third-order valence-corrected chi connectivity index (χ3v) is 5.31. The number of hydrogen-bond acceptors (Lipinski definition) is 5. The predicted octanol–water partition coefficient (Wildman–Crippen LogP) is 1.58. The van der Waals surface area contributed by atoms with Crippen LogP contribution in [0, 0.1) is 0 Å². The molecule has 0 radical (unpaired) electrons. The van der Waals surface area contributed by atoms with Crippen LogP contribution in [0.5, 0.6) is 5.75 Å². The van der Waals surface area contributed by atoms with Crippen LogP contribution >= 0.6 is 0 Å². The third kappa shape index (κ3) is 2.78. The number of aromatic nitrogens is 2. The van der Waals surface area contributed by atoms with E-state index in [4.69, 9.17) is 4.74 Å². The lowest BCUT2D eigenvalue weighted by Crippen LogP contribution is -2.37. The van der Waals surface area contributed by atoms with Crippen LogP contribution in [0.25, 0.3) is 5.65 Å². The van der Waals surface area contributed by atoms with Crippen LogP contribution < -0.4 is 5.56 Å². The second-order valence-electron chi connectivity index (χ2n) is 6.84. The van der Waals surface area contributed by atoms with Gasteiger partial charge in [0, 0.05) is 32.1 Å². The molecule has 25 heavy (non-hydrogen) atoms. The fraction of sp³-hybridized carbons (Fsp3) is 0.500. The molecule has 1 atom stereocenters. The van der Waals surface area contributed by atoms with E-state index in [0.29, 0.717) is 13.1 Å². The molecule has 2 aliphatic rings. The highest BCUT2D eigenvalue weighted by atomic mass is 16.5. The number of hydrogen-bond donors (Lipinski definition) is 1. The average molecular weight is 343 g/mol. The number of nitrogens with zero attached hydrogens (tertiary/aromatic N) is 3. The first-order valence-corrected chi connectivity index (χ1v) is 8.72. The Morgan fingerprint density at radius 3 is 2.88 bits per heavy atom. The van der Waals surface area contributed by atoms with Crippen LogP contribution in [0.15, 0.2) is 29.3 Å². The van der Waals surface area contributed by atoms with Gasteiger partial charge >= 0.3 is 0 Å². The van der Waals surface area contributed by atoms with Gasteiger partial charge in [-0.1, -0.05) is 0 Å². The van der Waals surface area contributed by atoms with Crippen molar-refractivity contribution in [3.8, 4) is 5.75 Å². The Morgan fingerprint density at radius 2 is 2.08 bits per heavy atom. The van der Waals surface area contributed by atoms with Gasteiger partial charge in [0.2, 0.25) is 0 Å².